The Kier molecular flexibility index (Phi) is 5.73. The first-order valence-electron chi connectivity index (χ1n) is 9.22. The van der Waals surface area contributed by atoms with Gasteiger partial charge in [-0.15, -0.1) is 0 Å². The number of aromatic nitrogens is 3. The van der Waals surface area contributed by atoms with E-state index < -0.39 is 17.5 Å². The Balaban J connectivity index is 1.72. The minimum atomic E-state index is -0.850. The second-order valence-electron chi connectivity index (χ2n) is 6.85. The standard InChI is InChI=1S/C22H15ClF2N4O2/c23-18-4-2-1-3-14(18)11-29(22(31)15-6-16(24)8-17(25)7-15)10-13-5-19-20(26-9-13)21(30)28-12-27-19/h1-9,12H,10-11H2,(H,27,28,30). The minimum Gasteiger partial charge on any atom is -0.330 e. The third-order valence-corrected chi connectivity index (χ3v) is 5.00. The molecule has 4 aromatic rings. The van der Waals surface area contributed by atoms with Gasteiger partial charge in [-0.1, -0.05) is 29.8 Å². The molecule has 0 unspecified atom stereocenters. The Labute approximate surface area is 180 Å². The monoisotopic (exact) mass is 440 g/mol. The Bertz CT molecular complexity index is 1320. The number of rotatable bonds is 5. The first-order valence-corrected chi connectivity index (χ1v) is 9.59. The molecule has 2 aromatic heterocycles. The number of carbonyl (C=O) groups excluding carboxylic acids is 1. The van der Waals surface area contributed by atoms with Crippen molar-refractivity contribution in [2.24, 2.45) is 0 Å². The van der Waals surface area contributed by atoms with Crippen LogP contribution < -0.4 is 5.56 Å². The zero-order valence-corrected chi connectivity index (χ0v) is 16.7. The molecule has 0 bridgehead atoms. The van der Waals surface area contributed by atoms with E-state index in [0.717, 1.165) is 12.1 Å². The van der Waals surface area contributed by atoms with E-state index in [0.29, 0.717) is 27.7 Å². The van der Waals surface area contributed by atoms with E-state index in [2.05, 4.69) is 15.0 Å². The van der Waals surface area contributed by atoms with Gasteiger partial charge in [0, 0.05) is 35.9 Å². The number of H-pyrrole nitrogens is 1. The molecule has 31 heavy (non-hydrogen) atoms. The third-order valence-electron chi connectivity index (χ3n) is 4.63. The number of fused-ring (bicyclic) bond motifs is 1. The molecular formula is C22H15ClF2N4O2. The maximum atomic E-state index is 13.7. The molecular weight excluding hydrogens is 426 g/mol. The van der Waals surface area contributed by atoms with E-state index in [9.17, 15) is 18.4 Å². The summed E-state index contributed by atoms with van der Waals surface area (Å²) in [4.78, 5) is 37.0. The van der Waals surface area contributed by atoms with E-state index >= 15 is 0 Å². The first kappa shape index (κ1) is 20.6. The zero-order chi connectivity index (χ0) is 22.0. The van der Waals surface area contributed by atoms with E-state index in [1.165, 1.54) is 17.4 Å². The first-order chi connectivity index (χ1) is 14.9. The van der Waals surface area contributed by atoms with E-state index in [1.807, 2.05) is 0 Å². The quantitative estimate of drug-likeness (QED) is 0.507. The van der Waals surface area contributed by atoms with Gasteiger partial charge >= 0.3 is 0 Å². The van der Waals surface area contributed by atoms with E-state index in [-0.39, 0.29) is 29.7 Å². The highest BCUT2D eigenvalue weighted by Crippen LogP contribution is 2.21. The Morgan fingerprint density at radius 1 is 1.03 bits per heavy atom. The molecule has 0 atom stereocenters. The minimum absolute atomic E-state index is 0.0552. The maximum Gasteiger partial charge on any atom is 0.277 e. The van der Waals surface area contributed by atoms with Crippen LogP contribution in [0.3, 0.4) is 0 Å². The smallest absolute Gasteiger partial charge is 0.277 e. The lowest BCUT2D eigenvalue weighted by Crippen LogP contribution is -2.30. The molecule has 1 N–H and O–H groups in total. The average Bonchev–Trinajstić information content (AvgIpc) is 2.73. The summed E-state index contributed by atoms with van der Waals surface area (Å²) in [5.74, 6) is -2.29. The SMILES string of the molecule is O=C(c1cc(F)cc(F)c1)N(Cc1cnc2c(=O)[nH]cnc2c1)Cc1ccccc1Cl. The second kappa shape index (κ2) is 8.61. The number of carbonyl (C=O) groups is 1. The molecule has 0 spiro atoms. The predicted molar refractivity (Wildman–Crippen MR) is 112 cm³/mol. The number of nitrogens with one attached hydrogen (secondary N) is 1. The number of nitrogens with zero attached hydrogens (tertiary/aromatic N) is 3. The van der Waals surface area contributed by atoms with Crippen LogP contribution >= 0.6 is 11.6 Å². The van der Waals surface area contributed by atoms with E-state index in [1.54, 1.807) is 30.3 Å². The molecule has 1 amide bonds. The summed E-state index contributed by atoms with van der Waals surface area (Å²) in [6.07, 6.45) is 2.72. The van der Waals surface area contributed by atoms with Gasteiger partial charge < -0.3 is 9.88 Å². The molecule has 9 heteroatoms. The van der Waals surface area contributed by atoms with Crippen molar-refractivity contribution in [3.63, 3.8) is 0 Å². The van der Waals surface area contributed by atoms with Crippen LogP contribution in [0.5, 0.6) is 0 Å². The molecule has 156 valence electrons. The lowest BCUT2D eigenvalue weighted by molar-refractivity contribution is 0.0729. The molecule has 0 aliphatic heterocycles. The number of hydrogen-bond acceptors (Lipinski definition) is 4. The van der Waals surface area contributed by atoms with Gasteiger partial charge in [0.25, 0.3) is 11.5 Å². The number of pyridine rings is 1. The van der Waals surface area contributed by atoms with Crippen LogP contribution in [-0.4, -0.2) is 25.8 Å². The van der Waals surface area contributed by atoms with Crippen LogP contribution in [0.1, 0.15) is 21.5 Å². The molecule has 6 nitrogen and oxygen atoms in total. The summed E-state index contributed by atoms with van der Waals surface area (Å²) in [6, 6.07) is 11.3. The molecule has 0 aliphatic rings. The van der Waals surface area contributed by atoms with Gasteiger partial charge in [0.1, 0.15) is 11.6 Å². The number of halogens is 3. The van der Waals surface area contributed by atoms with Gasteiger partial charge in [0.2, 0.25) is 0 Å². The van der Waals surface area contributed by atoms with Crippen LogP contribution in [0.2, 0.25) is 5.02 Å². The van der Waals surface area contributed by atoms with E-state index in [4.69, 9.17) is 11.6 Å². The number of hydrogen-bond donors (Lipinski definition) is 1. The van der Waals surface area contributed by atoms with Gasteiger partial charge in [0.05, 0.1) is 11.8 Å². The van der Waals surface area contributed by atoms with Gasteiger partial charge in [-0.05, 0) is 35.4 Å². The van der Waals surface area contributed by atoms with Crippen molar-refractivity contribution in [3.8, 4) is 0 Å². The summed E-state index contributed by atoms with van der Waals surface area (Å²) in [7, 11) is 0. The van der Waals surface area contributed by atoms with Crippen LogP contribution in [-0.2, 0) is 13.1 Å². The molecule has 0 saturated heterocycles. The molecule has 0 aliphatic carbocycles. The second-order valence-corrected chi connectivity index (χ2v) is 7.26. The third kappa shape index (κ3) is 4.59. The fourth-order valence-corrected chi connectivity index (χ4v) is 3.39. The largest absolute Gasteiger partial charge is 0.330 e. The molecule has 2 aromatic carbocycles. The van der Waals surface area contributed by atoms with Crippen LogP contribution in [0.4, 0.5) is 8.78 Å². The predicted octanol–water partition coefficient (Wildman–Crippen LogP) is 4.09. The summed E-state index contributed by atoms with van der Waals surface area (Å²) in [5.41, 5.74) is 1.27. The Morgan fingerprint density at radius 3 is 2.52 bits per heavy atom. The van der Waals surface area contributed by atoms with Gasteiger partial charge in [-0.2, -0.15) is 0 Å². The lowest BCUT2D eigenvalue weighted by Gasteiger charge is -2.24. The normalized spacial score (nSPS) is 10.9. The number of aromatic amines is 1. The highest BCUT2D eigenvalue weighted by Gasteiger charge is 2.20. The molecule has 2 heterocycles. The topological polar surface area (TPSA) is 79.0 Å². The maximum absolute atomic E-state index is 13.7. The van der Waals surface area contributed by atoms with Crippen molar-refractivity contribution >= 4 is 28.5 Å². The fraction of sp³-hybridized carbons (Fsp3) is 0.0909. The van der Waals surface area contributed by atoms with Crippen molar-refractivity contribution < 1.29 is 13.6 Å². The number of benzene rings is 2. The molecule has 0 fully saturated rings. The van der Waals surface area contributed by atoms with Crippen LogP contribution in [0.15, 0.2) is 65.8 Å². The van der Waals surface area contributed by atoms with Crippen molar-refractivity contribution in [2.45, 2.75) is 13.1 Å². The number of amides is 1. The van der Waals surface area contributed by atoms with Crippen LogP contribution in [0.25, 0.3) is 11.0 Å². The van der Waals surface area contributed by atoms with Gasteiger partial charge in [-0.3, -0.25) is 9.59 Å². The summed E-state index contributed by atoms with van der Waals surface area (Å²) in [6.45, 7) is 0.150. The highest BCUT2D eigenvalue weighted by atomic mass is 35.5. The lowest BCUT2D eigenvalue weighted by atomic mass is 10.1. The van der Waals surface area contributed by atoms with Crippen molar-refractivity contribution in [1.82, 2.24) is 19.9 Å². The van der Waals surface area contributed by atoms with Gasteiger partial charge in [0.15, 0.2) is 5.52 Å². The fourth-order valence-electron chi connectivity index (χ4n) is 3.20. The Hall–Kier alpha value is -3.65. The zero-order valence-electron chi connectivity index (χ0n) is 16.0. The highest BCUT2D eigenvalue weighted by molar-refractivity contribution is 6.31. The summed E-state index contributed by atoms with van der Waals surface area (Å²) < 4.78 is 27.4. The summed E-state index contributed by atoms with van der Waals surface area (Å²) >= 11 is 6.25. The molecule has 0 radical (unpaired) electrons. The Morgan fingerprint density at radius 2 is 1.77 bits per heavy atom. The molecule has 4 rings (SSSR count). The summed E-state index contributed by atoms with van der Waals surface area (Å²) in [5, 5.41) is 0.454. The van der Waals surface area contributed by atoms with Crippen LogP contribution in [0, 0.1) is 11.6 Å². The average molecular weight is 441 g/mol. The molecule has 0 saturated carbocycles. The van der Waals surface area contributed by atoms with Gasteiger partial charge in [-0.25, -0.2) is 18.7 Å². The van der Waals surface area contributed by atoms with Crippen molar-refractivity contribution in [1.29, 1.82) is 0 Å². The van der Waals surface area contributed by atoms with Crippen molar-refractivity contribution in [3.05, 3.63) is 105 Å². The van der Waals surface area contributed by atoms with Crippen molar-refractivity contribution in [2.75, 3.05) is 0 Å².